The summed E-state index contributed by atoms with van der Waals surface area (Å²) in [5.74, 6) is 2.09. The van der Waals surface area contributed by atoms with Gasteiger partial charge in [0.15, 0.2) is 0 Å². The second kappa shape index (κ2) is 13.1. The lowest BCUT2D eigenvalue weighted by molar-refractivity contribution is 0.475. The Labute approximate surface area is 322 Å². The number of aromatic hydroxyl groups is 4. The van der Waals surface area contributed by atoms with Crippen LogP contribution in [0.5, 0.6) is 34.5 Å². The van der Waals surface area contributed by atoms with Crippen molar-refractivity contribution >= 4 is 53.9 Å². The van der Waals surface area contributed by atoms with Crippen LogP contribution in [-0.2, 0) is 6.42 Å². The van der Waals surface area contributed by atoms with Gasteiger partial charge in [-0.05, 0) is 138 Å². The first-order chi connectivity index (χ1) is 27.4. The Kier molecular flexibility index (Phi) is 7.75. The van der Waals surface area contributed by atoms with E-state index in [4.69, 9.17) is 4.74 Å². The van der Waals surface area contributed by atoms with Crippen molar-refractivity contribution in [2.75, 3.05) is 0 Å². The summed E-state index contributed by atoms with van der Waals surface area (Å²) >= 11 is 0. The van der Waals surface area contributed by atoms with E-state index >= 15 is 0 Å². The van der Waals surface area contributed by atoms with Crippen molar-refractivity contribution in [2.24, 2.45) is 0 Å². The highest BCUT2D eigenvalue weighted by Gasteiger charge is 2.19. The number of phenolic OH excluding ortho intramolecular Hbond substituents is 4. The number of rotatable bonds is 6. The fourth-order valence-corrected chi connectivity index (χ4v) is 8.40. The molecule has 268 valence electrons. The number of hydrogen-bond acceptors (Lipinski definition) is 5. The molecule has 0 aliphatic carbocycles. The summed E-state index contributed by atoms with van der Waals surface area (Å²) in [5, 5.41) is 52.5. The van der Waals surface area contributed by atoms with Crippen LogP contribution in [-0.4, -0.2) is 20.4 Å². The summed E-state index contributed by atoms with van der Waals surface area (Å²) in [6.07, 6.45) is 0.747. The minimum Gasteiger partial charge on any atom is -0.508 e. The fourth-order valence-electron chi connectivity index (χ4n) is 8.40. The molecule has 0 aromatic heterocycles. The van der Waals surface area contributed by atoms with Crippen molar-refractivity contribution in [1.82, 2.24) is 0 Å². The molecule has 10 aromatic carbocycles. The van der Waals surface area contributed by atoms with Crippen LogP contribution in [0.1, 0.15) is 11.1 Å². The molecule has 5 heteroatoms. The Bertz CT molecular complexity index is 3200. The molecule has 0 atom stereocenters. The van der Waals surface area contributed by atoms with Gasteiger partial charge in [0.05, 0.1) is 0 Å². The second-order valence-electron chi connectivity index (χ2n) is 14.3. The van der Waals surface area contributed by atoms with Gasteiger partial charge in [0.1, 0.15) is 34.5 Å². The zero-order chi connectivity index (χ0) is 37.9. The van der Waals surface area contributed by atoms with Gasteiger partial charge in [-0.2, -0.15) is 0 Å². The first-order valence-electron chi connectivity index (χ1n) is 18.5. The maximum Gasteiger partial charge on any atom is 0.135 e. The third-order valence-corrected chi connectivity index (χ3v) is 10.9. The van der Waals surface area contributed by atoms with E-state index < -0.39 is 0 Å². The summed E-state index contributed by atoms with van der Waals surface area (Å²) < 4.78 is 6.63. The molecule has 5 nitrogen and oxygen atoms in total. The van der Waals surface area contributed by atoms with Crippen molar-refractivity contribution in [3.8, 4) is 56.8 Å². The number of benzene rings is 10. The van der Waals surface area contributed by atoms with Crippen LogP contribution >= 0.6 is 0 Å². The summed E-state index contributed by atoms with van der Waals surface area (Å²) in [6, 6.07) is 54.3. The SMILES string of the molecule is Oc1ccc2c(Cc3cccc4cc(Oc5cccc6c(-c7cccc8c(-c9cccc%10cc(O)ccc9%10)c(O)ccc78)c(O)ccc56)ccc34)cccc2c1. The van der Waals surface area contributed by atoms with Crippen LogP contribution < -0.4 is 4.74 Å². The molecule has 4 N–H and O–H groups in total. The Hall–Kier alpha value is -7.50. The highest BCUT2D eigenvalue weighted by Crippen LogP contribution is 2.47. The first kappa shape index (κ1) is 33.1. The Morgan fingerprint density at radius 2 is 0.839 bits per heavy atom. The largest absolute Gasteiger partial charge is 0.508 e. The lowest BCUT2D eigenvalue weighted by Crippen LogP contribution is -1.93. The molecule has 0 saturated heterocycles. The Balaban J connectivity index is 1.04. The van der Waals surface area contributed by atoms with Crippen LogP contribution in [0.3, 0.4) is 0 Å². The molecular formula is C51H34O5. The van der Waals surface area contributed by atoms with Gasteiger partial charge >= 0.3 is 0 Å². The maximum absolute atomic E-state index is 11.5. The molecule has 0 bridgehead atoms. The summed E-state index contributed by atoms with van der Waals surface area (Å²) in [5.41, 5.74) is 5.41. The molecule has 10 rings (SSSR count). The lowest BCUT2D eigenvalue weighted by atomic mass is 9.88. The van der Waals surface area contributed by atoms with E-state index in [9.17, 15) is 20.4 Å². The number of phenols is 4. The quantitative estimate of drug-likeness (QED) is 0.137. The highest BCUT2D eigenvalue weighted by molar-refractivity contribution is 6.14. The second-order valence-corrected chi connectivity index (χ2v) is 14.3. The molecule has 0 spiro atoms. The number of ether oxygens (including phenoxy) is 1. The van der Waals surface area contributed by atoms with Crippen LogP contribution in [0.15, 0.2) is 170 Å². The summed E-state index contributed by atoms with van der Waals surface area (Å²) in [4.78, 5) is 0. The maximum atomic E-state index is 11.5. The topological polar surface area (TPSA) is 90.2 Å². The van der Waals surface area contributed by atoms with E-state index in [2.05, 4.69) is 36.4 Å². The van der Waals surface area contributed by atoms with Crippen molar-refractivity contribution in [3.63, 3.8) is 0 Å². The fraction of sp³-hybridized carbons (Fsp3) is 0.0196. The molecule has 0 radical (unpaired) electrons. The van der Waals surface area contributed by atoms with Gasteiger partial charge in [-0.3, -0.25) is 0 Å². The van der Waals surface area contributed by atoms with Gasteiger partial charge in [-0.25, -0.2) is 0 Å². The average Bonchev–Trinajstić information content (AvgIpc) is 3.20. The zero-order valence-electron chi connectivity index (χ0n) is 30.1. The molecule has 0 aliphatic rings. The van der Waals surface area contributed by atoms with Crippen molar-refractivity contribution < 1.29 is 25.2 Å². The monoisotopic (exact) mass is 726 g/mol. The molecule has 0 fully saturated rings. The van der Waals surface area contributed by atoms with E-state index in [0.717, 1.165) is 71.4 Å². The summed E-state index contributed by atoms with van der Waals surface area (Å²) in [7, 11) is 0. The van der Waals surface area contributed by atoms with E-state index in [0.29, 0.717) is 22.6 Å². The number of hydrogen-bond donors (Lipinski definition) is 4. The van der Waals surface area contributed by atoms with Crippen molar-refractivity contribution in [2.45, 2.75) is 6.42 Å². The van der Waals surface area contributed by atoms with Crippen LogP contribution in [0.25, 0.3) is 76.1 Å². The molecule has 0 saturated carbocycles. The molecule has 0 unspecified atom stereocenters. The van der Waals surface area contributed by atoms with Gasteiger partial charge in [-0.1, -0.05) is 109 Å². The normalized spacial score (nSPS) is 11.6. The van der Waals surface area contributed by atoms with Gasteiger partial charge in [0.25, 0.3) is 0 Å². The Morgan fingerprint density at radius 3 is 1.52 bits per heavy atom. The minimum absolute atomic E-state index is 0.138. The summed E-state index contributed by atoms with van der Waals surface area (Å²) in [6.45, 7) is 0. The predicted octanol–water partition coefficient (Wildman–Crippen LogP) is 13.0. The van der Waals surface area contributed by atoms with Gasteiger partial charge in [-0.15, -0.1) is 0 Å². The van der Waals surface area contributed by atoms with Gasteiger partial charge in [0, 0.05) is 16.5 Å². The molecule has 0 heterocycles. The minimum atomic E-state index is 0.138. The molecular weight excluding hydrogens is 693 g/mol. The third kappa shape index (κ3) is 5.57. The number of fused-ring (bicyclic) bond motifs is 5. The Morgan fingerprint density at radius 1 is 0.357 bits per heavy atom. The lowest BCUT2D eigenvalue weighted by Gasteiger charge is -2.17. The highest BCUT2D eigenvalue weighted by atomic mass is 16.5. The van der Waals surface area contributed by atoms with Crippen molar-refractivity contribution in [3.05, 3.63) is 181 Å². The van der Waals surface area contributed by atoms with E-state index in [1.807, 2.05) is 97.1 Å². The van der Waals surface area contributed by atoms with E-state index in [-0.39, 0.29) is 23.0 Å². The third-order valence-electron chi connectivity index (χ3n) is 10.9. The standard InChI is InChI=1S/C51H34O5/c52-35-16-19-38-30(6-1-8-32(38)27-35)26-31-7-2-9-34-29-37(18-21-39(31)34)56-49-15-5-14-46-42(49)23-25-48(55)51(46)45-13-4-12-44-41(45)22-24-47(54)50(44)43-11-3-10-33-28-36(53)17-20-40(33)43/h1-25,27-29,52-55H,26H2. The van der Waals surface area contributed by atoms with Crippen LogP contribution in [0.4, 0.5) is 0 Å². The van der Waals surface area contributed by atoms with Gasteiger partial charge < -0.3 is 25.2 Å². The van der Waals surface area contributed by atoms with Crippen LogP contribution in [0, 0.1) is 0 Å². The average molecular weight is 727 g/mol. The van der Waals surface area contributed by atoms with Gasteiger partial charge in [0.2, 0.25) is 0 Å². The first-order valence-corrected chi connectivity index (χ1v) is 18.5. The molecule has 56 heavy (non-hydrogen) atoms. The van der Waals surface area contributed by atoms with E-state index in [1.165, 1.54) is 11.1 Å². The zero-order valence-corrected chi connectivity index (χ0v) is 30.1. The van der Waals surface area contributed by atoms with Crippen molar-refractivity contribution in [1.29, 1.82) is 0 Å². The molecule has 0 amide bonds. The predicted molar refractivity (Wildman–Crippen MR) is 227 cm³/mol. The molecule has 0 aliphatic heterocycles. The van der Waals surface area contributed by atoms with E-state index in [1.54, 1.807) is 36.4 Å². The van der Waals surface area contributed by atoms with Crippen LogP contribution in [0.2, 0.25) is 0 Å². The smallest absolute Gasteiger partial charge is 0.135 e. The molecule has 10 aromatic rings.